The van der Waals surface area contributed by atoms with Gasteiger partial charge in [0.2, 0.25) is 0 Å². The average Bonchev–Trinajstić information content (AvgIpc) is 2.67. The van der Waals surface area contributed by atoms with Crippen LogP contribution in [0.1, 0.15) is 10.4 Å². The number of hydrogen-bond acceptors (Lipinski definition) is 7. The molecule has 7 nitrogen and oxygen atoms in total. The van der Waals surface area contributed by atoms with Gasteiger partial charge < -0.3 is 23.7 Å². The Labute approximate surface area is 151 Å². The highest BCUT2D eigenvalue weighted by Crippen LogP contribution is 2.25. The van der Waals surface area contributed by atoms with Crippen LogP contribution in [0.15, 0.2) is 48.5 Å². The molecule has 0 aliphatic heterocycles. The lowest BCUT2D eigenvalue weighted by Gasteiger charge is -2.10. The van der Waals surface area contributed by atoms with Crippen molar-refractivity contribution in [2.75, 3.05) is 34.0 Å². The Bertz CT molecular complexity index is 742. The van der Waals surface area contributed by atoms with Crippen LogP contribution in [-0.4, -0.2) is 46.0 Å². The van der Waals surface area contributed by atoms with Gasteiger partial charge in [0.05, 0.1) is 19.3 Å². The molecule has 0 radical (unpaired) electrons. The fraction of sp³-hybridized carbons (Fsp3) is 0.263. The quantitative estimate of drug-likeness (QED) is 0.386. The van der Waals surface area contributed by atoms with Crippen molar-refractivity contribution < 1.29 is 33.3 Å². The molecule has 0 saturated carbocycles. The minimum atomic E-state index is -0.610. The number of rotatable bonds is 9. The van der Waals surface area contributed by atoms with Crippen molar-refractivity contribution in [3.63, 3.8) is 0 Å². The smallest absolute Gasteiger partial charge is 0.349 e. The van der Waals surface area contributed by atoms with Crippen LogP contribution in [0.2, 0.25) is 0 Å². The third kappa shape index (κ3) is 5.78. The van der Waals surface area contributed by atoms with Crippen LogP contribution in [0, 0.1) is 0 Å². The Hall–Kier alpha value is -3.06. The summed E-state index contributed by atoms with van der Waals surface area (Å²) in [7, 11) is 3.03. The van der Waals surface area contributed by atoms with Gasteiger partial charge in [-0.25, -0.2) is 9.59 Å². The van der Waals surface area contributed by atoms with Gasteiger partial charge in [0.25, 0.3) is 0 Å². The average molecular weight is 360 g/mol. The monoisotopic (exact) mass is 360 g/mol. The molecule has 7 heteroatoms. The van der Waals surface area contributed by atoms with E-state index in [1.807, 2.05) is 0 Å². The van der Waals surface area contributed by atoms with E-state index < -0.39 is 11.9 Å². The van der Waals surface area contributed by atoms with Gasteiger partial charge in [-0.2, -0.15) is 0 Å². The molecule has 0 fully saturated rings. The normalized spacial score (nSPS) is 10.1. The molecule has 0 bridgehead atoms. The maximum absolute atomic E-state index is 12.0. The number of hydrogen-bond donors (Lipinski definition) is 0. The molecule has 0 saturated heterocycles. The molecule has 138 valence electrons. The third-order valence-corrected chi connectivity index (χ3v) is 3.24. The van der Waals surface area contributed by atoms with E-state index in [-0.39, 0.29) is 24.5 Å². The van der Waals surface area contributed by atoms with Crippen LogP contribution in [0.4, 0.5) is 0 Å². The van der Waals surface area contributed by atoms with Gasteiger partial charge in [-0.05, 0) is 30.3 Å². The molecular weight excluding hydrogens is 340 g/mol. The molecule has 0 aliphatic rings. The third-order valence-electron chi connectivity index (χ3n) is 3.24. The summed E-state index contributed by atoms with van der Waals surface area (Å²) in [5.74, 6) is 0.0365. The number of methoxy groups -OCH3 is 2. The molecule has 0 N–H and O–H groups in total. The standard InChI is InChI=1S/C19H20O7/c1-22-10-11-24-19(21)14-6-5-7-15(12-14)26-18(20)13-25-17-9-4-3-8-16(17)23-2/h3-9,12H,10-11,13H2,1-2H3. The van der Waals surface area contributed by atoms with Crippen LogP contribution in [0.3, 0.4) is 0 Å². The van der Waals surface area contributed by atoms with E-state index in [0.717, 1.165) is 0 Å². The van der Waals surface area contributed by atoms with Gasteiger partial charge in [-0.15, -0.1) is 0 Å². The van der Waals surface area contributed by atoms with E-state index in [1.165, 1.54) is 20.3 Å². The van der Waals surface area contributed by atoms with Crippen molar-refractivity contribution in [3.05, 3.63) is 54.1 Å². The SMILES string of the molecule is COCCOC(=O)c1cccc(OC(=O)COc2ccccc2OC)c1. The zero-order valence-electron chi connectivity index (χ0n) is 14.6. The first-order valence-corrected chi connectivity index (χ1v) is 7.86. The predicted molar refractivity (Wildman–Crippen MR) is 92.7 cm³/mol. The molecule has 0 unspecified atom stereocenters. The molecule has 0 aromatic heterocycles. The molecular formula is C19H20O7. The summed E-state index contributed by atoms with van der Waals surface area (Å²) in [5.41, 5.74) is 0.275. The lowest BCUT2D eigenvalue weighted by Crippen LogP contribution is -2.18. The molecule has 0 atom stereocenters. The highest BCUT2D eigenvalue weighted by Gasteiger charge is 2.12. The van der Waals surface area contributed by atoms with E-state index in [9.17, 15) is 9.59 Å². The van der Waals surface area contributed by atoms with E-state index in [4.69, 9.17) is 23.7 Å². The fourth-order valence-electron chi connectivity index (χ4n) is 2.02. The second-order valence-corrected chi connectivity index (χ2v) is 5.07. The van der Waals surface area contributed by atoms with Gasteiger partial charge in [0.15, 0.2) is 18.1 Å². The largest absolute Gasteiger partial charge is 0.493 e. The summed E-state index contributed by atoms with van der Waals surface area (Å²) in [5, 5.41) is 0. The minimum absolute atomic E-state index is 0.145. The van der Waals surface area contributed by atoms with Gasteiger partial charge in [-0.1, -0.05) is 18.2 Å². The van der Waals surface area contributed by atoms with E-state index >= 15 is 0 Å². The summed E-state index contributed by atoms with van der Waals surface area (Å²) < 4.78 is 25.6. The molecule has 0 amide bonds. The fourth-order valence-corrected chi connectivity index (χ4v) is 2.02. The number of para-hydroxylation sites is 2. The maximum atomic E-state index is 12.0. The molecule has 26 heavy (non-hydrogen) atoms. The zero-order valence-corrected chi connectivity index (χ0v) is 14.6. The van der Waals surface area contributed by atoms with Gasteiger partial charge in [0, 0.05) is 7.11 Å². The Morgan fingerprint density at radius 2 is 1.69 bits per heavy atom. The first-order valence-electron chi connectivity index (χ1n) is 7.86. The topological polar surface area (TPSA) is 80.3 Å². The number of esters is 2. The van der Waals surface area contributed by atoms with Crippen molar-refractivity contribution in [1.29, 1.82) is 0 Å². The Balaban J connectivity index is 1.90. The first-order chi connectivity index (χ1) is 12.6. The lowest BCUT2D eigenvalue weighted by molar-refractivity contribution is -0.136. The number of carbonyl (C=O) groups is 2. The molecule has 0 aliphatic carbocycles. The summed E-state index contributed by atoms with van der Waals surface area (Å²) in [4.78, 5) is 23.8. The maximum Gasteiger partial charge on any atom is 0.349 e. The molecule has 2 aromatic rings. The summed E-state index contributed by atoms with van der Waals surface area (Å²) in [6.45, 7) is 0.148. The van der Waals surface area contributed by atoms with Gasteiger partial charge in [0.1, 0.15) is 12.4 Å². The van der Waals surface area contributed by atoms with Gasteiger partial charge in [-0.3, -0.25) is 0 Å². The predicted octanol–water partition coefficient (Wildman–Crippen LogP) is 2.48. The Morgan fingerprint density at radius 1 is 0.923 bits per heavy atom. The van der Waals surface area contributed by atoms with Crippen molar-refractivity contribution in [2.45, 2.75) is 0 Å². The van der Waals surface area contributed by atoms with Gasteiger partial charge >= 0.3 is 11.9 Å². The first kappa shape index (κ1) is 19.3. The highest BCUT2D eigenvalue weighted by atomic mass is 16.6. The van der Waals surface area contributed by atoms with Crippen LogP contribution < -0.4 is 14.2 Å². The Morgan fingerprint density at radius 3 is 2.42 bits per heavy atom. The van der Waals surface area contributed by atoms with E-state index in [2.05, 4.69) is 0 Å². The van der Waals surface area contributed by atoms with Crippen molar-refractivity contribution in [3.8, 4) is 17.2 Å². The van der Waals surface area contributed by atoms with Crippen molar-refractivity contribution >= 4 is 11.9 Å². The van der Waals surface area contributed by atoms with Crippen LogP contribution in [0.5, 0.6) is 17.2 Å². The van der Waals surface area contributed by atoms with E-state index in [0.29, 0.717) is 18.1 Å². The van der Waals surface area contributed by atoms with Crippen LogP contribution >= 0.6 is 0 Å². The number of carbonyl (C=O) groups excluding carboxylic acids is 2. The summed E-state index contributed by atoms with van der Waals surface area (Å²) in [6, 6.07) is 13.1. The van der Waals surface area contributed by atoms with Crippen molar-refractivity contribution in [1.82, 2.24) is 0 Å². The second-order valence-electron chi connectivity index (χ2n) is 5.07. The van der Waals surface area contributed by atoms with E-state index in [1.54, 1.807) is 42.5 Å². The second kappa shape index (κ2) is 10.0. The van der Waals surface area contributed by atoms with Crippen LogP contribution in [0.25, 0.3) is 0 Å². The number of ether oxygens (including phenoxy) is 5. The highest BCUT2D eigenvalue weighted by molar-refractivity contribution is 5.90. The molecule has 0 spiro atoms. The molecule has 0 heterocycles. The number of benzene rings is 2. The van der Waals surface area contributed by atoms with Crippen LogP contribution in [-0.2, 0) is 14.3 Å². The Kier molecular flexibility index (Phi) is 7.45. The molecule has 2 aromatic carbocycles. The molecule has 2 rings (SSSR count). The lowest BCUT2D eigenvalue weighted by atomic mass is 10.2. The summed E-state index contributed by atoms with van der Waals surface area (Å²) in [6.07, 6.45) is 0. The summed E-state index contributed by atoms with van der Waals surface area (Å²) >= 11 is 0. The zero-order chi connectivity index (χ0) is 18.8. The minimum Gasteiger partial charge on any atom is -0.493 e. The van der Waals surface area contributed by atoms with Crippen molar-refractivity contribution in [2.24, 2.45) is 0 Å².